The normalized spacial score (nSPS) is 12.3. The zero-order valence-electron chi connectivity index (χ0n) is 27.5. The minimum absolute atomic E-state index is 0.851. The Morgan fingerprint density at radius 1 is 0.422 bits per heavy atom. The minimum atomic E-state index is 0.851. The van der Waals surface area contributed by atoms with Gasteiger partial charge in [-0.3, -0.25) is 0 Å². The first-order valence-electron chi connectivity index (χ1n) is 17.7. The van der Waals surface area contributed by atoms with E-state index in [4.69, 9.17) is 0 Å². The van der Waals surface area contributed by atoms with Gasteiger partial charge in [-0.15, -0.1) is 56.7 Å². The Labute approximate surface area is 293 Å². The average Bonchev–Trinajstić information content (AvgIpc) is 3.89. The number of hydrogen-bond acceptors (Lipinski definition) is 5. The molecule has 0 radical (unpaired) electrons. The topological polar surface area (TPSA) is 0 Å². The Morgan fingerprint density at radius 3 is 1.27 bits per heavy atom. The van der Waals surface area contributed by atoms with Crippen molar-refractivity contribution in [2.75, 3.05) is 0 Å². The molecule has 0 N–H and O–H groups in total. The third kappa shape index (κ3) is 11.0. The van der Waals surface area contributed by atoms with Gasteiger partial charge in [0.05, 0.1) is 0 Å². The van der Waals surface area contributed by atoms with Crippen LogP contribution in [0.5, 0.6) is 0 Å². The van der Waals surface area contributed by atoms with Crippen LogP contribution in [0.15, 0.2) is 66.0 Å². The third-order valence-electron chi connectivity index (χ3n) is 8.89. The largest absolute Gasteiger partial charge is 0.143 e. The van der Waals surface area contributed by atoms with Crippen molar-refractivity contribution < 1.29 is 0 Å². The van der Waals surface area contributed by atoms with E-state index < -0.39 is 0 Å². The Bertz CT molecular complexity index is 1480. The predicted octanol–water partition coefficient (Wildman–Crippen LogP) is 16.1. The molecule has 0 saturated carbocycles. The summed E-state index contributed by atoms with van der Waals surface area (Å²) in [5, 5.41) is 2.16. The van der Waals surface area contributed by atoms with Crippen LogP contribution in [0, 0.1) is 5.92 Å². The fourth-order valence-electron chi connectivity index (χ4n) is 6.26. The smallest absolute Gasteiger partial charge is 0.0449 e. The molecule has 1 atom stereocenters. The Kier molecular flexibility index (Phi) is 15.0. The van der Waals surface area contributed by atoms with Gasteiger partial charge in [-0.1, -0.05) is 123 Å². The van der Waals surface area contributed by atoms with Crippen molar-refractivity contribution in [2.45, 2.75) is 123 Å². The standard InChI is InChI=1S/C40H52S5/c1-3-5-7-9-11-12-14-16-19-31(18-15-13-10-8-6-4-2)30-32-21-22-35(42-32)36-25-26-39(44-36)40-28-27-38(45-40)37-24-23-34(43-37)33-20-17-29-41-33/h17,20-29,31H,3-16,18-19,30H2,1-2H3. The summed E-state index contributed by atoms with van der Waals surface area (Å²) in [6.07, 6.45) is 23.9. The van der Waals surface area contributed by atoms with Crippen molar-refractivity contribution >= 4 is 56.7 Å². The molecule has 5 heterocycles. The van der Waals surface area contributed by atoms with Gasteiger partial charge in [0, 0.05) is 43.9 Å². The van der Waals surface area contributed by atoms with E-state index in [1.165, 1.54) is 148 Å². The van der Waals surface area contributed by atoms with Gasteiger partial charge in [-0.05, 0) is 72.3 Å². The highest BCUT2D eigenvalue weighted by atomic mass is 32.1. The third-order valence-corrected chi connectivity index (χ3v) is 14.9. The lowest BCUT2D eigenvalue weighted by molar-refractivity contribution is 0.402. The average molecular weight is 693 g/mol. The molecule has 5 aromatic heterocycles. The Morgan fingerprint density at radius 2 is 0.822 bits per heavy atom. The minimum Gasteiger partial charge on any atom is -0.143 e. The number of thiophene rings is 5. The van der Waals surface area contributed by atoms with Gasteiger partial charge in [-0.2, -0.15) is 0 Å². The summed E-state index contributed by atoms with van der Waals surface area (Å²) in [6.45, 7) is 4.63. The van der Waals surface area contributed by atoms with Gasteiger partial charge in [0.1, 0.15) is 0 Å². The highest BCUT2D eigenvalue weighted by molar-refractivity contribution is 7.29. The zero-order chi connectivity index (χ0) is 31.1. The first-order valence-corrected chi connectivity index (χ1v) is 21.8. The maximum Gasteiger partial charge on any atom is 0.0449 e. The maximum absolute atomic E-state index is 2.44. The van der Waals surface area contributed by atoms with Crippen LogP contribution in [-0.2, 0) is 6.42 Å². The van der Waals surface area contributed by atoms with Crippen LogP contribution >= 0.6 is 56.7 Å². The highest BCUT2D eigenvalue weighted by Crippen LogP contribution is 2.44. The molecule has 0 spiro atoms. The molecule has 0 fully saturated rings. The molecule has 0 aliphatic heterocycles. The number of unbranched alkanes of at least 4 members (excludes halogenated alkanes) is 12. The van der Waals surface area contributed by atoms with Gasteiger partial charge in [0.25, 0.3) is 0 Å². The quantitative estimate of drug-likeness (QED) is 0.0633. The van der Waals surface area contributed by atoms with Gasteiger partial charge < -0.3 is 0 Å². The van der Waals surface area contributed by atoms with E-state index in [2.05, 4.69) is 79.9 Å². The molecule has 5 rings (SSSR count). The molecule has 0 amide bonds. The van der Waals surface area contributed by atoms with Crippen LogP contribution in [-0.4, -0.2) is 0 Å². The lowest BCUT2D eigenvalue weighted by Crippen LogP contribution is -2.04. The fraction of sp³-hybridized carbons (Fsp3) is 0.500. The van der Waals surface area contributed by atoms with Crippen molar-refractivity contribution in [1.29, 1.82) is 0 Å². The first-order chi connectivity index (χ1) is 22.2. The maximum atomic E-state index is 2.44. The van der Waals surface area contributed by atoms with Gasteiger partial charge >= 0.3 is 0 Å². The van der Waals surface area contributed by atoms with E-state index in [9.17, 15) is 0 Å². The molecule has 0 aliphatic carbocycles. The molecular formula is C40H52S5. The lowest BCUT2D eigenvalue weighted by Gasteiger charge is -2.16. The van der Waals surface area contributed by atoms with Crippen molar-refractivity contribution in [3.05, 3.63) is 70.9 Å². The molecule has 0 saturated heterocycles. The van der Waals surface area contributed by atoms with E-state index in [0.29, 0.717) is 0 Å². The lowest BCUT2D eigenvalue weighted by atomic mass is 9.91. The summed E-state index contributed by atoms with van der Waals surface area (Å²) in [5.41, 5.74) is 0. The second-order valence-electron chi connectivity index (χ2n) is 12.6. The van der Waals surface area contributed by atoms with Crippen LogP contribution in [0.4, 0.5) is 0 Å². The number of hydrogen-bond donors (Lipinski definition) is 0. The van der Waals surface area contributed by atoms with Crippen LogP contribution in [0.2, 0.25) is 0 Å². The highest BCUT2D eigenvalue weighted by Gasteiger charge is 2.15. The molecule has 0 nitrogen and oxygen atoms in total. The molecular weight excluding hydrogens is 641 g/mol. The second kappa shape index (κ2) is 19.4. The Hall–Kier alpha value is -1.50. The van der Waals surface area contributed by atoms with Crippen LogP contribution in [0.3, 0.4) is 0 Å². The first kappa shape index (κ1) is 34.8. The van der Waals surface area contributed by atoms with Crippen LogP contribution in [0.1, 0.15) is 121 Å². The van der Waals surface area contributed by atoms with E-state index in [1.807, 2.05) is 56.7 Å². The predicted molar refractivity (Wildman–Crippen MR) is 210 cm³/mol. The van der Waals surface area contributed by atoms with Gasteiger partial charge in [0.2, 0.25) is 0 Å². The molecule has 5 heteroatoms. The van der Waals surface area contributed by atoms with Crippen molar-refractivity contribution in [1.82, 2.24) is 0 Å². The van der Waals surface area contributed by atoms with Crippen molar-refractivity contribution in [2.24, 2.45) is 5.92 Å². The van der Waals surface area contributed by atoms with Crippen LogP contribution in [0.25, 0.3) is 39.0 Å². The number of rotatable bonds is 22. The summed E-state index contributed by atoms with van der Waals surface area (Å²) in [5.74, 6) is 0.851. The monoisotopic (exact) mass is 692 g/mol. The molecule has 0 bridgehead atoms. The summed E-state index contributed by atoms with van der Waals surface area (Å²) < 4.78 is 0. The van der Waals surface area contributed by atoms with Crippen molar-refractivity contribution in [3.63, 3.8) is 0 Å². The molecule has 242 valence electrons. The second-order valence-corrected chi connectivity index (χ2v) is 18.0. The summed E-state index contributed by atoms with van der Waals surface area (Å²) in [7, 11) is 0. The molecule has 1 unspecified atom stereocenters. The zero-order valence-corrected chi connectivity index (χ0v) is 31.6. The van der Waals surface area contributed by atoms with Gasteiger partial charge in [-0.25, -0.2) is 0 Å². The SMILES string of the molecule is CCCCCCCCCCC(CCCCCCCC)Cc1ccc(-c2ccc(-c3ccc(-c4ccc(-c5cccs5)s4)s3)s2)s1. The summed E-state index contributed by atoms with van der Waals surface area (Å²) in [4.78, 5) is 12.7. The summed E-state index contributed by atoms with van der Waals surface area (Å²) >= 11 is 9.66. The van der Waals surface area contributed by atoms with E-state index >= 15 is 0 Å². The van der Waals surface area contributed by atoms with Crippen molar-refractivity contribution in [3.8, 4) is 39.0 Å². The molecule has 45 heavy (non-hydrogen) atoms. The summed E-state index contributed by atoms with van der Waals surface area (Å²) in [6, 6.07) is 23.1. The molecule has 0 aliphatic rings. The molecule has 0 aromatic carbocycles. The van der Waals surface area contributed by atoms with E-state index in [1.54, 1.807) is 4.88 Å². The molecule has 5 aromatic rings. The van der Waals surface area contributed by atoms with Gasteiger partial charge in [0.15, 0.2) is 0 Å². The van der Waals surface area contributed by atoms with Crippen LogP contribution < -0.4 is 0 Å². The van der Waals surface area contributed by atoms with E-state index in [0.717, 1.165) is 5.92 Å². The Balaban J connectivity index is 1.15. The fourth-order valence-corrected chi connectivity index (χ4v) is 11.5. The van der Waals surface area contributed by atoms with E-state index in [-0.39, 0.29) is 0 Å².